The van der Waals surface area contributed by atoms with E-state index in [9.17, 15) is 4.79 Å². The second-order valence-electron chi connectivity index (χ2n) is 6.75. The number of carbonyl (C=O) groups excluding carboxylic acids is 1. The van der Waals surface area contributed by atoms with Gasteiger partial charge in [-0.25, -0.2) is 0 Å². The molecule has 0 aliphatic carbocycles. The van der Waals surface area contributed by atoms with Crippen LogP contribution in [0.1, 0.15) is 17.5 Å². The first-order chi connectivity index (χ1) is 13.6. The van der Waals surface area contributed by atoms with E-state index in [0.29, 0.717) is 30.2 Å². The molecule has 0 fully saturated rings. The van der Waals surface area contributed by atoms with Crippen LogP contribution in [0.5, 0.6) is 0 Å². The van der Waals surface area contributed by atoms with Gasteiger partial charge in [0.25, 0.3) is 0 Å². The zero-order chi connectivity index (χ0) is 19.5. The van der Waals surface area contributed by atoms with Crippen molar-refractivity contribution in [1.82, 2.24) is 19.6 Å². The summed E-state index contributed by atoms with van der Waals surface area (Å²) in [5, 5.41) is 13.1. The van der Waals surface area contributed by atoms with Crippen molar-refractivity contribution in [1.29, 1.82) is 0 Å². The fourth-order valence-electron chi connectivity index (χ4n) is 3.07. The third-order valence-corrected chi connectivity index (χ3v) is 4.90. The Labute approximate surface area is 167 Å². The molecule has 4 aromatic rings. The molecule has 0 saturated carbocycles. The van der Waals surface area contributed by atoms with E-state index in [0.717, 1.165) is 16.5 Å². The molecular weight excluding hydrogens is 374 g/mol. The molecule has 2 aromatic heterocycles. The Morgan fingerprint density at radius 2 is 1.93 bits per heavy atom. The summed E-state index contributed by atoms with van der Waals surface area (Å²) >= 11 is 6.17. The maximum absolute atomic E-state index is 12.3. The Morgan fingerprint density at radius 3 is 2.75 bits per heavy atom. The molecule has 6 nitrogen and oxygen atoms in total. The summed E-state index contributed by atoms with van der Waals surface area (Å²) in [5.74, 6) is -0.0828. The minimum absolute atomic E-state index is 0.0828. The first-order valence-corrected chi connectivity index (χ1v) is 9.44. The lowest BCUT2D eigenvalue weighted by molar-refractivity contribution is -0.116. The van der Waals surface area contributed by atoms with Gasteiger partial charge in [-0.2, -0.15) is 10.2 Å². The van der Waals surface area contributed by atoms with Crippen molar-refractivity contribution in [2.75, 3.05) is 5.32 Å². The van der Waals surface area contributed by atoms with E-state index in [-0.39, 0.29) is 5.91 Å². The SMILES string of the molecule is Cc1ccc(Cn2cc(NC(=O)CCn3ncc4c(Cl)cccc43)cn2)cc1. The number of aryl methyl sites for hydroxylation is 2. The van der Waals surface area contributed by atoms with E-state index >= 15 is 0 Å². The summed E-state index contributed by atoms with van der Waals surface area (Å²) in [5.41, 5.74) is 4.00. The van der Waals surface area contributed by atoms with Gasteiger partial charge in [0.15, 0.2) is 0 Å². The van der Waals surface area contributed by atoms with Crippen LogP contribution in [0.15, 0.2) is 61.1 Å². The molecule has 7 heteroatoms. The predicted octanol–water partition coefficient (Wildman–Crippen LogP) is 4.27. The summed E-state index contributed by atoms with van der Waals surface area (Å²) in [6.07, 6.45) is 5.53. The monoisotopic (exact) mass is 393 g/mol. The van der Waals surface area contributed by atoms with Gasteiger partial charge in [-0.1, -0.05) is 47.5 Å². The Hall–Kier alpha value is -3.12. The van der Waals surface area contributed by atoms with Crippen molar-refractivity contribution in [2.45, 2.75) is 26.4 Å². The highest BCUT2D eigenvalue weighted by molar-refractivity contribution is 6.35. The molecule has 1 amide bonds. The summed E-state index contributed by atoms with van der Waals surface area (Å²) in [7, 11) is 0. The maximum Gasteiger partial charge on any atom is 0.226 e. The fourth-order valence-corrected chi connectivity index (χ4v) is 3.29. The molecule has 4 rings (SSSR count). The van der Waals surface area contributed by atoms with Crippen molar-refractivity contribution in [2.24, 2.45) is 0 Å². The van der Waals surface area contributed by atoms with Crippen LogP contribution in [0, 0.1) is 6.92 Å². The molecule has 28 heavy (non-hydrogen) atoms. The highest BCUT2D eigenvalue weighted by atomic mass is 35.5. The average Bonchev–Trinajstić information content (AvgIpc) is 3.29. The molecule has 0 radical (unpaired) electrons. The molecule has 0 saturated heterocycles. The number of fused-ring (bicyclic) bond motifs is 1. The largest absolute Gasteiger partial charge is 0.323 e. The van der Waals surface area contributed by atoms with E-state index in [1.807, 2.05) is 29.1 Å². The van der Waals surface area contributed by atoms with Gasteiger partial charge < -0.3 is 5.32 Å². The molecular formula is C21H20ClN5O. The van der Waals surface area contributed by atoms with Crippen molar-refractivity contribution in [3.63, 3.8) is 0 Å². The quantitative estimate of drug-likeness (QED) is 0.532. The molecule has 142 valence electrons. The van der Waals surface area contributed by atoms with Crippen LogP contribution in [0.2, 0.25) is 5.02 Å². The molecule has 0 bridgehead atoms. The molecule has 1 N–H and O–H groups in total. The van der Waals surface area contributed by atoms with Gasteiger partial charge in [-0.3, -0.25) is 14.2 Å². The smallest absolute Gasteiger partial charge is 0.226 e. The number of aromatic nitrogens is 4. The second-order valence-corrected chi connectivity index (χ2v) is 7.16. The fraction of sp³-hybridized carbons (Fsp3) is 0.190. The van der Waals surface area contributed by atoms with E-state index in [4.69, 9.17) is 11.6 Å². The van der Waals surface area contributed by atoms with Crippen LogP contribution in [0.4, 0.5) is 5.69 Å². The third kappa shape index (κ3) is 4.07. The molecule has 0 aliphatic rings. The van der Waals surface area contributed by atoms with Crippen molar-refractivity contribution >= 4 is 34.1 Å². The predicted molar refractivity (Wildman–Crippen MR) is 110 cm³/mol. The van der Waals surface area contributed by atoms with E-state index in [1.54, 1.807) is 17.1 Å². The van der Waals surface area contributed by atoms with Crippen molar-refractivity contribution in [3.05, 3.63) is 77.2 Å². The van der Waals surface area contributed by atoms with Gasteiger partial charge in [0, 0.05) is 18.0 Å². The molecule has 0 atom stereocenters. The highest BCUT2D eigenvalue weighted by Gasteiger charge is 2.09. The number of amides is 1. The van der Waals surface area contributed by atoms with Gasteiger partial charge in [0.2, 0.25) is 5.91 Å². The zero-order valence-corrected chi connectivity index (χ0v) is 16.2. The molecule has 0 aliphatic heterocycles. The van der Waals surface area contributed by atoms with Crippen LogP contribution < -0.4 is 5.32 Å². The number of benzene rings is 2. The highest BCUT2D eigenvalue weighted by Crippen LogP contribution is 2.22. The Bertz CT molecular complexity index is 1110. The summed E-state index contributed by atoms with van der Waals surface area (Å²) in [4.78, 5) is 12.3. The van der Waals surface area contributed by atoms with Gasteiger partial charge >= 0.3 is 0 Å². The number of halogens is 1. The molecule has 0 spiro atoms. The number of rotatable bonds is 6. The number of nitrogens with zero attached hydrogens (tertiary/aromatic N) is 4. The summed E-state index contributed by atoms with van der Waals surface area (Å²) in [6, 6.07) is 14.0. The van der Waals surface area contributed by atoms with Crippen LogP contribution in [0.3, 0.4) is 0 Å². The minimum Gasteiger partial charge on any atom is -0.323 e. The first-order valence-electron chi connectivity index (χ1n) is 9.06. The van der Waals surface area contributed by atoms with Gasteiger partial charge in [0.05, 0.1) is 41.7 Å². The van der Waals surface area contributed by atoms with Crippen LogP contribution in [-0.2, 0) is 17.9 Å². The molecule has 2 heterocycles. The van der Waals surface area contributed by atoms with E-state index in [2.05, 4.69) is 46.7 Å². The lowest BCUT2D eigenvalue weighted by atomic mass is 10.1. The van der Waals surface area contributed by atoms with Crippen LogP contribution >= 0.6 is 11.6 Å². The summed E-state index contributed by atoms with van der Waals surface area (Å²) < 4.78 is 3.60. The molecule has 2 aromatic carbocycles. The molecule has 0 unspecified atom stereocenters. The van der Waals surface area contributed by atoms with E-state index in [1.165, 1.54) is 5.56 Å². The number of hydrogen-bond donors (Lipinski definition) is 1. The Kier molecular flexibility index (Phi) is 5.12. The average molecular weight is 394 g/mol. The lowest BCUT2D eigenvalue weighted by Crippen LogP contribution is -2.14. The third-order valence-electron chi connectivity index (χ3n) is 4.57. The minimum atomic E-state index is -0.0828. The van der Waals surface area contributed by atoms with Crippen molar-refractivity contribution in [3.8, 4) is 0 Å². The van der Waals surface area contributed by atoms with Crippen LogP contribution in [0.25, 0.3) is 10.9 Å². The van der Waals surface area contributed by atoms with Gasteiger partial charge in [-0.05, 0) is 24.6 Å². The van der Waals surface area contributed by atoms with Crippen LogP contribution in [-0.4, -0.2) is 25.5 Å². The number of nitrogens with one attached hydrogen (secondary N) is 1. The standard InChI is InChI=1S/C21H20ClN5O/c1-15-5-7-16(8-6-15)13-26-14-17(11-23-26)25-21(28)9-10-27-20-4-2-3-19(22)18(20)12-24-27/h2-8,11-12,14H,9-10,13H2,1H3,(H,25,28). The Morgan fingerprint density at radius 1 is 1.11 bits per heavy atom. The second kappa shape index (κ2) is 7.86. The van der Waals surface area contributed by atoms with Gasteiger partial charge in [-0.15, -0.1) is 0 Å². The maximum atomic E-state index is 12.3. The zero-order valence-electron chi connectivity index (χ0n) is 15.5. The van der Waals surface area contributed by atoms with E-state index < -0.39 is 0 Å². The Balaban J connectivity index is 1.34. The number of hydrogen-bond acceptors (Lipinski definition) is 3. The van der Waals surface area contributed by atoms with Gasteiger partial charge in [0.1, 0.15) is 0 Å². The first kappa shape index (κ1) is 18.3. The topological polar surface area (TPSA) is 64.7 Å². The normalized spacial score (nSPS) is 11.1. The summed E-state index contributed by atoms with van der Waals surface area (Å²) in [6.45, 7) is 3.20. The number of carbonyl (C=O) groups is 1. The lowest BCUT2D eigenvalue weighted by Gasteiger charge is -2.05. The van der Waals surface area contributed by atoms with Crippen molar-refractivity contribution < 1.29 is 4.79 Å². The number of anilines is 1.